The van der Waals surface area contributed by atoms with Crippen LogP contribution in [0, 0.1) is 6.92 Å². The van der Waals surface area contributed by atoms with Crippen LogP contribution in [0.5, 0.6) is 5.75 Å². The number of methoxy groups -OCH3 is 1. The lowest BCUT2D eigenvalue weighted by molar-refractivity contribution is 0.0962. The van der Waals surface area contributed by atoms with E-state index in [-0.39, 0.29) is 11.7 Å². The summed E-state index contributed by atoms with van der Waals surface area (Å²) in [6, 6.07) is 15.9. The Bertz CT molecular complexity index is 983. The number of aromatic nitrogens is 2. The Balaban J connectivity index is 1.62. The maximum atomic E-state index is 12.6. The van der Waals surface area contributed by atoms with Crippen LogP contribution in [-0.4, -0.2) is 22.9 Å². The highest BCUT2D eigenvalue weighted by Gasteiger charge is 2.29. The summed E-state index contributed by atoms with van der Waals surface area (Å²) < 4.78 is 5.48. The maximum absolute atomic E-state index is 12.6. The third kappa shape index (κ3) is 3.53. The van der Waals surface area contributed by atoms with Crippen LogP contribution in [0.25, 0.3) is 0 Å². The number of benzene rings is 2. The summed E-state index contributed by atoms with van der Waals surface area (Å²) >= 11 is 0. The summed E-state index contributed by atoms with van der Waals surface area (Å²) in [5.41, 5.74) is 4.56. The molecule has 1 aliphatic rings. The zero-order valence-corrected chi connectivity index (χ0v) is 15.4. The van der Waals surface area contributed by atoms with E-state index >= 15 is 0 Å². The number of ketones is 1. The highest BCUT2D eigenvalue weighted by Crippen LogP contribution is 2.36. The van der Waals surface area contributed by atoms with Gasteiger partial charge in [-0.25, -0.2) is 9.97 Å². The molecule has 27 heavy (non-hydrogen) atoms. The van der Waals surface area contributed by atoms with E-state index in [4.69, 9.17) is 4.74 Å². The molecule has 0 amide bonds. The molecular formula is C22H21N3O2. The van der Waals surface area contributed by atoms with Crippen LogP contribution < -0.4 is 10.1 Å². The maximum Gasteiger partial charge on any atom is 0.227 e. The van der Waals surface area contributed by atoms with Gasteiger partial charge in [-0.1, -0.05) is 35.9 Å². The van der Waals surface area contributed by atoms with Crippen molar-refractivity contribution >= 4 is 17.4 Å². The van der Waals surface area contributed by atoms with Crippen molar-refractivity contribution in [3.05, 3.63) is 77.1 Å². The van der Waals surface area contributed by atoms with Crippen LogP contribution in [0.15, 0.2) is 54.7 Å². The molecule has 2 aromatic carbocycles. The average molecular weight is 359 g/mol. The quantitative estimate of drug-likeness (QED) is 0.745. The monoisotopic (exact) mass is 359 g/mol. The predicted molar refractivity (Wildman–Crippen MR) is 105 cm³/mol. The van der Waals surface area contributed by atoms with Gasteiger partial charge in [0.1, 0.15) is 5.75 Å². The predicted octanol–water partition coefficient (Wildman–Crippen LogP) is 4.45. The van der Waals surface area contributed by atoms with Crippen molar-refractivity contribution in [1.82, 2.24) is 9.97 Å². The third-order valence-electron chi connectivity index (χ3n) is 4.93. The Kier molecular flexibility index (Phi) is 4.59. The third-order valence-corrected chi connectivity index (χ3v) is 4.93. The van der Waals surface area contributed by atoms with Gasteiger partial charge in [0, 0.05) is 24.2 Å². The van der Waals surface area contributed by atoms with Crippen molar-refractivity contribution in [3.63, 3.8) is 0 Å². The van der Waals surface area contributed by atoms with Gasteiger partial charge < -0.3 is 10.1 Å². The number of fused-ring (bicyclic) bond motifs is 1. The molecule has 0 fully saturated rings. The highest BCUT2D eigenvalue weighted by molar-refractivity contribution is 5.98. The molecule has 1 aromatic heterocycles. The molecule has 0 saturated heterocycles. The molecule has 1 N–H and O–H groups in total. The molecule has 1 heterocycles. The minimum absolute atomic E-state index is 0.0586. The van der Waals surface area contributed by atoms with Gasteiger partial charge in [-0.2, -0.15) is 0 Å². The van der Waals surface area contributed by atoms with Gasteiger partial charge in [0.05, 0.1) is 18.4 Å². The molecule has 0 radical (unpaired) electrons. The van der Waals surface area contributed by atoms with Gasteiger partial charge in [-0.3, -0.25) is 4.79 Å². The van der Waals surface area contributed by atoms with Gasteiger partial charge in [0.25, 0.3) is 0 Å². The Labute approximate surface area is 158 Å². The van der Waals surface area contributed by atoms with E-state index in [0.717, 1.165) is 22.7 Å². The number of Topliss-reactive ketones (excluding diaryl/α,β-unsaturated/α-hetero) is 1. The van der Waals surface area contributed by atoms with Gasteiger partial charge >= 0.3 is 0 Å². The first-order chi connectivity index (χ1) is 13.1. The number of rotatable bonds is 4. The number of hydrogen-bond acceptors (Lipinski definition) is 5. The molecule has 1 aliphatic carbocycles. The molecular weight excluding hydrogens is 338 g/mol. The second-order valence-electron chi connectivity index (χ2n) is 6.82. The molecule has 0 unspecified atom stereocenters. The summed E-state index contributed by atoms with van der Waals surface area (Å²) in [4.78, 5) is 21.6. The highest BCUT2D eigenvalue weighted by atomic mass is 16.5. The molecule has 0 aliphatic heterocycles. The number of nitrogens with zero attached hydrogens (tertiary/aromatic N) is 2. The number of nitrogens with one attached hydrogen (secondary N) is 1. The summed E-state index contributed by atoms with van der Waals surface area (Å²) in [5.74, 6) is 1.45. The SMILES string of the molecule is COc1ccccc1[C@@H]1CC(=O)c2cnc(Nc3ccc(C)cc3)nc2C1. The van der Waals surface area contributed by atoms with E-state index in [0.29, 0.717) is 24.4 Å². The summed E-state index contributed by atoms with van der Waals surface area (Å²) in [6.07, 6.45) is 2.77. The lowest BCUT2D eigenvalue weighted by Gasteiger charge is -2.24. The fourth-order valence-corrected chi connectivity index (χ4v) is 3.49. The Morgan fingerprint density at radius 3 is 2.63 bits per heavy atom. The zero-order valence-electron chi connectivity index (χ0n) is 15.4. The number of hydrogen-bond donors (Lipinski definition) is 1. The number of aryl methyl sites for hydroxylation is 1. The van der Waals surface area contributed by atoms with E-state index in [9.17, 15) is 4.79 Å². The second-order valence-corrected chi connectivity index (χ2v) is 6.82. The van der Waals surface area contributed by atoms with Crippen LogP contribution in [0.1, 0.15) is 39.5 Å². The lowest BCUT2D eigenvalue weighted by atomic mass is 9.82. The van der Waals surface area contributed by atoms with Crippen LogP contribution in [0.3, 0.4) is 0 Å². The fraction of sp³-hybridized carbons (Fsp3) is 0.227. The molecule has 5 nitrogen and oxygen atoms in total. The zero-order chi connectivity index (χ0) is 18.8. The fourth-order valence-electron chi connectivity index (χ4n) is 3.49. The van der Waals surface area contributed by atoms with Gasteiger partial charge in [-0.05, 0) is 37.1 Å². The minimum Gasteiger partial charge on any atom is -0.496 e. The lowest BCUT2D eigenvalue weighted by Crippen LogP contribution is -2.21. The molecule has 0 bridgehead atoms. The molecule has 3 aromatic rings. The smallest absolute Gasteiger partial charge is 0.227 e. The van der Waals surface area contributed by atoms with E-state index in [1.54, 1.807) is 13.3 Å². The van der Waals surface area contributed by atoms with E-state index in [1.165, 1.54) is 5.56 Å². The van der Waals surface area contributed by atoms with E-state index < -0.39 is 0 Å². The van der Waals surface area contributed by atoms with Gasteiger partial charge in [0.15, 0.2) is 5.78 Å². The van der Waals surface area contributed by atoms with E-state index in [2.05, 4.69) is 15.3 Å². The van der Waals surface area contributed by atoms with Crippen LogP contribution in [0.4, 0.5) is 11.6 Å². The van der Waals surface area contributed by atoms with Crippen LogP contribution in [0.2, 0.25) is 0 Å². The summed E-state index contributed by atoms with van der Waals surface area (Å²) in [7, 11) is 1.66. The Morgan fingerprint density at radius 2 is 1.85 bits per heavy atom. The van der Waals surface area contributed by atoms with Crippen molar-refractivity contribution in [2.24, 2.45) is 0 Å². The number of ether oxygens (including phenoxy) is 1. The average Bonchev–Trinajstić information content (AvgIpc) is 2.69. The van der Waals surface area contributed by atoms with Crippen LogP contribution >= 0.6 is 0 Å². The van der Waals surface area contributed by atoms with E-state index in [1.807, 2.05) is 55.5 Å². The molecule has 5 heteroatoms. The normalized spacial score (nSPS) is 15.9. The van der Waals surface area contributed by atoms with Crippen molar-refractivity contribution < 1.29 is 9.53 Å². The summed E-state index contributed by atoms with van der Waals surface area (Å²) in [5, 5.41) is 3.22. The minimum atomic E-state index is 0.0586. The van der Waals surface area contributed by atoms with Crippen molar-refractivity contribution in [2.45, 2.75) is 25.7 Å². The first-order valence-corrected chi connectivity index (χ1v) is 9.00. The molecule has 4 rings (SSSR count). The van der Waals surface area contributed by atoms with Crippen molar-refractivity contribution in [1.29, 1.82) is 0 Å². The molecule has 136 valence electrons. The first kappa shape index (κ1) is 17.2. The number of carbonyl (C=O) groups excluding carboxylic acids is 1. The van der Waals surface area contributed by atoms with Gasteiger partial charge in [-0.15, -0.1) is 0 Å². The Hall–Kier alpha value is -3.21. The van der Waals surface area contributed by atoms with Crippen molar-refractivity contribution in [2.75, 3.05) is 12.4 Å². The van der Waals surface area contributed by atoms with Gasteiger partial charge in [0.2, 0.25) is 5.95 Å². The molecule has 1 atom stereocenters. The first-order valence-electron chi connectivity index (χ1n) is 9.00. The molecule has 0 spiro atoms. The van der Waals surface area contributed by atoms with Crippen LogP contribution in [-0.2, 0) is 6.42 Å². The topological polar surface area (TPSA) is 64.1 Å². The standard InChI is InChI=1S/C22H21N3O2/c1-14-7-9-16(10-8-14)24-22-23-13-18-19(25-22)11-15(12-20(18)26)17-5-3-4-6-21(17)27-2/h3-10,13,15H,11-12H2,1-2H3,(H,23,24,25)/t15-/m0/s1. The van der Waals surface area contributed by atoms with Crippen molar-refractivity contribution in [3.8, 4) is 5.75 Å². The largest absolute Gasteiger partial charge is 0.496 e. The second kappa shape index (κ2) is 7.19. The Morgan fingerprint density at radius 1 is 1.07 bits per heavy atom. The summed E-state index contributed by atoms with van der Waals surface area (Å²) in [6.45, 7) is 2.04. The molecule has 0 saturated carbocycles. The number of para-hydroxylation sites is 1. The number of carbonyl (C=O) groups is 1. The number of anilines is 2.